The Balaban J connectivity index is 1.89. The number of carbonyl (C=O) groups excluding carboxylic acids is 1. The van der Waals surface area contributed by atoms with E-state index in [0.717, 1.165) is 29.7 Å². The number of carbonyl (C=O) groups is 2. The van der Waals surface area contributed by atoms with Gasteiger partial charge in [-0.2, -0.15) is 0 Å². The number of ether oxygens (including phenoxy) is 1. The smallest absolute Gasteiger partial charge is 0.326 e. The highest BCUT2D eigenvalue weighted by atomic mass is 16.5. The second-order valence-corrected chi connectivity index (χ2v) is 6.19. The third-order valence-electron chi connectivity index (χ3n) is 3.97. The number of unbranched alkanes of at least 4 members (excludes halogenated alkanes) is 1. The minimum absolute atomic E-state index is 0.236. The maximum Gasteiger partial charge on any atom is 0.326 e. The predicted molar refractivity (Wildman–Crippen MR) is 106 cm³/mol. The van der Waals surface area contributed by atoms with E-state index < -0.39 is 17.9 Å². The van der Waals surface area contributed by atoms with Gasteiger partial charge >= 0.3 is 5.97 Å². The molecule has 0 aromatic heterocycles. The van der Waals surface area contributed by atoms with Gasteiger partial charge in [0.2, 0.25) is 5.91 Å². The molecule has 5 nitrogen and oxygen atoms in total. The molecule has 0 saturated heterocycles. The average molecular weight is 367 g/mol. The van der Waals surface area contributed by atoms with Gasteiger partial charge in [0.15, 0.2) is 0 Å². The van der Waals surface area contributed by atoms with Crippen LogP contribution >= 0.6 is 0 Å². The van der Waals surface area contributed by atoms with Gasteiger partial charge in [-0.1, -0.05) is 55.8 Å². The van der Waals surface area contributed by atoms with Crippen LogP contribution in [0.2, 0.25) is 0 Å². The Labute approximate surface area is 159 Å². The molecule has 0 aliphatic carbocycles. The number of aliphatic carboxylic acids is 1. The van der Waals surface area contributed by atoms with Crippen LogP contribution < -0.4 is 10.1 Å². The van der Waals surface area contributed by atoms with E-state index in [-0.39, 0.29) is 6.42 Å². The minimum atomic E-state index is -1.06. The monoisotopic (exact) mass is 367 g/mol. The summed E-state index contributed by atoms with van der Waals surface area (Å²) in [6, 6.07) is 15.6. The molecule has 0 spiro atoms. The molecular formula is C22H25NO4. The van der Waals surface area contributed by atoms with E-state index >= 15 is 0 Å². The van der Waals surface area contributed by atoms with E-state index in [1.165, 1.54) is 6.08 Å². The summed E-state index contributed by atoms with van der Waals surface area (Å²) in [5.74, 6) is -0.713. The summed E-state index contributed by atoms with van der Waals surface area (Å²) in [4.78, 5) is 23.5. The number of amides is 1. The van der Waals surface area contributed by atoms with E-state index in [1.54, 1.807) is 6.08 Å². The van der Waals surface area contributed by atoms with Crippen LogP contribution in [0, 0.1) is 0 Å². The Morgan fingerprint density at radius 2 is 1.81 bits per heavy atom. The summed E-state index contributed by atoms with van der Waals surface area (Å²) in [6.45, 7) is 2.79. The molecule has 0 aliphatic rings. The molecule has 0 heterocycles. The van der Waals surface area contributed by atoms with E-state index in [9.17, 15) is 14.7 Å². The lowest BCUT2D eigenvalue weighted by Gasteiger charge is -2.13. The van der Waals surface area contributed by atoms with Gasteiger partial charge in [-0.15, -0.1) is 0 Å². The second kappa shape index (κ2) is 10.8. The third-order valence-corrected chi connectivity index (χ3v) is 3.97. The molecule has 2 N–H and O–H groups in total. The Morgan fingerprint density at radius 3 is 2.44 bits per heavy atom. The molecule has 2 aromatic rings. The van der Waals surface area contributed by atoms with Crippen LogP contribution in [0.5, 0.6) is 5.75 Å². The molecule has 1 atom stereocenters. The maximum absolute atomic E-state index is 12.1. The molecule has 5 heteroatoms. The van der Waals surface area contributed by atoms with E-state index in [4.69, 9.17) is 4.74 Å². The maximum atomic E-state index is 12.1. The van der Waals surface area contributed by atoms with Crippen LogP contribution in [-0.2, 0) is 16.0 Å². The zero-order valence-corrected chi connectivity index (χ0v) is 15.4. The number of benzene rings is 2. The topological polar surface area (TPSA) is 75.6 Å². The Bertz CT molecular complexity index is 754. The first-order valence-corrected chi connectivity index (χ1v) is 9.06. The van der Waals surface area contributed by atoms with Crippen LogP contribution in [0.3, 0.4) is 0 Å². The molecular weight excluding hydrogens is 342 g/mol. The summed E-state index contributed by atoms with van der Waals surface area (Å²) in [5, 5.41) is 11.9. The van der Waals surface area contributed by atoms with Crippen LogP contribution in [0.15, 0.2) is 60.7 Å². The average Bonchev–Trinajstić information content (AvgIpc) is 2.68. The van der Waals surface area contributed by atoms with Crippen molar-refractivity contribution in [2.45, 2.75) is 32.2 Å². The van der Waals surface area contributed by atoms with E-state index in [1.807, 2.05) is 54.6 Å². The first-order valence-electron chi connectivity index (χ1n) is 9.06. The number of hydrogen-bond donors (Lipinski definition) is 2. The lowest BCUT2D eigenvalue weighted by atomic mass is 10.1. The number of nitrogens with one attached hydrogen (secondary N) is 1. The fraction of sp³-hybridized carbons (Fsp3) is 0.273. The molecule has 0 aliphatic heterocycles. The van der Waals surface area contributed by atoms with Gasteiger partial charge in [0.1, 0.15) is 11.8 Å². The Kier molecular flexibility index (Phi) is 8.10. The van der Waals surface area contributed by atoms with Crippen molar-refractivity contribution >= 4 is 18.0 Å². The Morgan fingerprint density at radius 1 is 1.11 bits per heavy atom. The summed E-state index contributed by atoms with van der Waals surface area (Å²) >= 11 is 0. The minimum Gasteiger partial charge on any atom is -0.494 e. The third kappa shape index (κ3) is 7.36. The summed E-state index contributed by atoms with van der Waals surface area (Å²) in [7, 11) is 0. The van der Waals surface area contributed by atoms with Crippen LogP contribution in [0.1, 0.15) is 30.9 Å². The van der Waals surface area contributed by atoms with Crippen molar-refractivity contribution in [3.05, 3.63) is 71.8 Å². The number of rotatable bonds is 10. The zero-order valence-electron chi connectivity index (χ0n) is 15.4. The van der Waals surface area contributed by atoms with Crippen molar-refractivity contribution in [3.63, 3.8) is 0 Å². The predicted octanol–water partition coefficient (Wildman–Crippen LogP) is 3.69. The highest BCUT2D eigenvalue weighted by Crippen LogP contribution is 2.13. The van der Waals surface area contributed by atoms with Gasteiger partial charge in [-0.3, -0.25) is 4.79 Å². The number of carboxylic acid groups (broad SMARTS) is 1. The molecule has 0 radical (unpaired) electrons. The quantitative estimate of drug-likeness (QED) is 0.496. The van der Waals surface area contributed by atoms with Crippen LogP contribution in [-0.4, -0.2) is 29.6 Å². The van der Waals surface area contributed by atoms with Crippen molar-refractivity contribution in [2.24, 2.45) is 0 Å². The molecule has 2 rings (SSSR count). The normalized spacial score (nSPS) is 11.9. The second-order valence-electron chi connectivity index (χ2n) is 6.19. The molecule has 27 heavy (non-hydrogen) atoms. The first-order chi connectivity index (χ1) is 13.1. The lowest BCUT2D eigenvalue weighted by molar-refractivity contribution is -0.141. The van der Waals surface area contributed by atoms with Crippen LogP contribution in [0.25, 0.3) is 6.08 Å². The van der Waals surface area contributed by atoms with E-state index in [2.05, 4.69) is 12.2 Å². The van der Waals surface area contributed by atoms with Crippen molar-refractivity contribution in [1.29, 1.82) is 0 Å². The van der Waals surface area contributed by atoms with Gasteiger partial charge < -0.3 is 15.2 Å². The van der Waals surface area contributed by atoms with Crippen molar-refractivity contribution in [2.75, 3.05) is 6.61 Å². The standard InChI is InChI=1S/C22H25NO4/c1-2-3-15-27-19-12-9-17(10-13-19)11-14-21(24)23-20(22(25)26)16-18-7-5-4-6-8-18/h4-14,20H,2-3,15-16H2,1H3,(H,23,24)(H,25,26)/b14-11+. The fourth-order valence-corrected chi connectivity index (χ4v) is 2.45. The molecule has 0 saturated carbocycles. The van der Waals surface area contributed by atoms with Gasteiger partial charge in [-0.05, 0) is 35.8 Å². The summed E-state index contributed by atoms with van der Waals surface area (Å²) in [6.07, 6.45) is 5.31. The fourth-order valence-electron chi connectivity index (χ4n) is 2.45. The van der Waals surface area contributed by atoms with Crippen molar-refractivity contribution < 1.29 is 19.4 Å². The highest BCUT2D eigenvalue weighted by Gasteiger charge is 2.19. The van der Waals surface area contributed by atoms with Gasteiger partial charge in [0.05, 0.1) is 6.61 Å². The Hall–Kier alpha value is -3.08. The molecule has 142 valence electrons. The van der Waals surface area contributed by atoms with Gasteiger partial charge in [0, 0.05) is 12.5 Å². The van der Waals surface area contributed by atoms with Gasteiger partial charge in [0.25, 0.3) is 0 Å². The largest absolute Gasteiger partial charge is 0.494 e. The van der Waals surface area contributed by atoms with Gasteiger partial charge in [-0.25, -0.2) is 4.79 Å². The molecule has 1 amide bonds. The van der Waals surface area contributed by atoms with Crippen LogP contribution in [0.4, 0.5) is 0 Å². The summed E-state index contributed by atoms with van der Waals surface area (Å²) in [5.41, 5.74) is 1.69. The lowest BCUT2D eigenvalue weighted by Crippen LogP contribution is -2.41. The molecule has 0 bridgehead atoms. The van der Waals surface area contributed by atoms with Crippen molar-refractivity contribution in [1.82, 2.24) is 5.32 Å². The summed E-state index contributed by atoms with van der Waals surface area (Å²) < 4.78 is 5.59. The first kappa shape index (κ1) is 20.2. The number of carboxylic acids is 1. The molecule has 1 unspecified atom stereocenters. The SMILES string of the molecule is CCCCOc1ccc(/C=C/C(=O)NC(Cc2ccccc2)C(=O)O)cc1. The number of hydrogen-bond acceptors (Lipinski definition) is 3. The highest BCUT2D eigenvalue weighted by molar-refractivity contribution is 5.94. The zero-order chi connectivity index (χ0) is 19.5. The molecule has 2 aromatic carbocycles. The van der Waals surface area contributed by atoms with Crippen molar-refractivity contribution in [3.8, 4) is 5.75 Å². The molecule has 0 fully saturated rings. The van der Waals surface area contributed by atoms with E-state index in [0.29, 0.717) is 6.61 Å².